The van der Waals surface area contributed by atoms with Crippen LogP contribution < -0.4 is 24.3 Å². The van der Waals surface area contributed by atoms with Crippen LogP contribution in [0.25, 0.3) is 5.69 Å². The molecule has 5 rings (SSSR count). The molecular formula is C22H18F3N3O5. The molecule has 2 aliphatic heterocycles. The normalized spacial score (nSPS) is 16.9. The number of carbonyl (C=O) groups excluding carboxylic acids is 1. The molecule has 172 valence electrons. The molecule has 1 N–H and O–H groups in total. The van der Waals surface area contributed by atoms with E-state index in [0.29, 0.717) is 34.3 Å². The first-order valence-electron chi connectivity index (χ1n) is 9.91. The van der Waals surface area contributed by atoms with Crippen molar-refractivity contribution in [1.82, 2.24) is 9.55 Å². The predicted octanol–water partition coefficient (Wildman–Crippen LogP) is 4.11. The highest BCUT2D eigenvalue weighted by Crippen LogP contribution is 2.53. The molecule has 3 aromatic rings. The zero-order chi connectivity index (χ0) is 23.3. The summed E-state index contributed by atoms with van der Waals surface area (Å²) in [5.74, 6) is 0.933. The zero-order valence-electron chi connectivity index (χ0n) is 17.5. The van der Waals surface area contributed by atoms with Crippen LogP contribution in [0.4, 0.5) is 19.0 Å². The number of anilines is 1. The van der Waals surface area contributed by atoms with Crippen LogP contribution >= 0.6 is 0 Å². The number of fused-ring (bicyclic) bond motifs is 2. The number of carbonyl (C=O) groups is 1. The first kappa shape index (κ1) is 21.0. The third-order valence-electron chi connectivity index (χ3n) is 5.61. The van der Waals surface area contributed by atoms with Crippen molar-refractivity contribution >= 4 is 11.7 Å². The molecule has 11 heteroatoms. The van der Waals surface area contributed by atoms with Gasteiger partial charge in [-0.3, -0.25) is 9.36 Å². The van der Waals surface area contributed by atoms with Crippen LogP contribution in [0.3, 0.4) is 0 Å². The molecule has 2 aromatic carbocycles. The van der Waals surface area contributed by atoms with Crippen molar-refractivity contribution in [3.8, 4) is 28.7 Å². The first-order valence-corrected chi connectivity index (χ1v) is 9.91. The highest BCUT2D eigenvalue weighted by molar-refractivity contribution is 5.94. The second-order valence-electron chi connectivity index (χ2n) is 7.47. The number of nitrogens with one attached hydrogen (secondary N) is 1. The molecule has 0 bridgehead atoms. The van der Waals surface area contributed by atoms with Gasteiger partial charge in [-0.1, -0.05) is 6.07 Å². The molecule has 0 radical (unpaired) electrons. The standard InChI is InChI=1S/C22H18F3N3O5/c1-30-18-14(7-15-19(20(18)31-2)33-10-32-15)13-8-16(29)27-21-17(13)26-9-28(21)12-5-3-4-11(6-12)22(23,24)25/h3-7,9,13H,8,10H2,1-2H3,(H,27,29)/t13-/m1/s1. The number of benzene rings is 2. The number of hydrogen-bond acceptors (Lipinski definition) is 6. The summed E-state index contributed by atoms with van der Waals surface area (Å²) in [6.07, 6.45) is -3.07. The van der Waals surface area contributed by atoms with Gasteiger partial charge >= 0.3 is 6.18 Å². The number of nitrogens with zero attached hydrogens (tertiary/aromatic N) is 2. The number of hydrogen-bond donors (Lipinski definition) is 1. The fraction of sp³-hybridized carbons (Fsp3) is 0.273. The van der Waals surface area contributed by atoms with Gasteiger partial charge in [0.15, 0.2) is 11.5 Å². The van der Waals surface area contributed by atoms with Gasteiger partial charge in [0.2, 0.25) is 24.2 Å². The number of aromatic nitrogens is 2. The van der Waals surface area contributed by atoms with Crippen molar-refractivity contribution in [2.75, 3.05) is 26.3 Å². The number of amides is 1. The lowest BCUT2D eigenvalue weighted by molar-refractivity contribution is -0.137. The van der Waals surface area contributed by atoms with Crippen LogP contribution in [0.5, 0.6) is 23.0 Å². The maximum atomic E-state index is 13.2. The Morgan fingerprint density at radius 2 is 1.94 bits per heavy atom. The van der Waals surface area contributed by atoms with Gasteiger partial charge in [0.1, 0.15) is 12.1 Å². The molecule has 0 saturated heterocycles. The Morgan fingerprint density at radius 1 is 1.15 bits per heavy atom. The summed E-state index contributed by atoms with van der Waals surface area (Å²) in [6, 6.07) is 6.51. The lowest BCUT2D eigenvalue weighted by Gasteiger charge is -2.25. The van der Waals surface area contributed by atoms with Crippen LogP contribution in [0, 0.1) is 0 Å². The van der Waals surface area contributed by atoms with Crippen LogP contribution in [0.2, 0.25) is 0 Å². The van der Waals surface area contributed by atoms with Crippen LogP contribution in [-0.4, -0.2) is 36.5 Å². The Balaban J connectivity index is 1.65. The predicted molar refractivity (Wildman–Crippen MR) is 109 cm³/mol. The van der Waals surface area contributed by atoms with Crippen molar-refractivity contribution < 1.29 is 36.9 Å². The molecule has 0 saturated carbocycles. The average molecular weight is 461 g/mol. The average Bonchev–Trinajstić information content (AvgIpc) is 3.43. The summed E-state index contributed by atoms with van der Waals surface area (Å²) in [6.45, 7) is 0.0128. The van der Waals surface area contributed by atoms with Gasteiger partial charge in [-0.25, -0.2) is 4.98 Å². The lowest BCUT2D eigenvalue weighted by Crippen LogP contribution is -2.25. The van der Waals surface area contributed by atoms with Gasteiger partial charge in [-0.2, -0.15) is 13.2 Å². The molecule has 0 unspecified atom stereocenters. The van der Waals surface area contributed by atoms with E-state index in [0.717, 1.165) is 12.1 Å². The van der Waals surface area contributed by atoms with Gasteiger partial charge in [0.05, 0.1) is 25.5 Å². The van der Waals surface area contributed by atoms with E-state index in [-0.39, 0.29) is 30.6 Å². The molecule has 0 spiro atoms. The summed E-state index contributed by atoms with van der Waals surface area (Å²) in [5, 5.41) is 2.74. The largest absolute Gasteiger partial charge is 0.492 e. The molecular weight excluding hydrogens is 443 g/mol. The van der Waals surface area contributed by atoms with Crippen LogP contribution in [0.15, 0.2) is 36.7 Å². The van der Waals surface area contributed by atoms with Crippen molar-refractivity contribution in [2.24, 2.45) is 0 Å². The Bertz CT molecular complexity index is 1250. The number of halogens is 3. The molecule has 3 heterocycles. The van der Waals surface area contributed by atoms with Crippen LogP contribution in [-0.2, 0) is 11.0 Å². The van der Waals surface area contributed by atoms with E-state index < -0.39 is 17.7 Å². The molecule has 0 aliphatic carbocycles. The van der Waals surface area contributed by atoms with Gasteiger partial charge in [-0.05, 0) is 24.3 Å². The SMILES string of the molecule is COc1c([C@H]2CC(=O)Nc3c2ncn3-c2cccc(C(F)(F)F)c2)cc2c(c1OC)OCO2. The summed E-state index contributed by atoms with van der Waals surface area (Å²) in [4.78, 5) is 17.1. The van der Waals surface area contributed by atoms with E-state index in [1.807, 2.05) is 0 Å². The van der Waals surface area contributed by atoms with E-state index >= 15 is 0 Å². The Kier molecular flexibility index (Phi) is 4.84. The van der Waals surface area contributed by atoms with Gasteiger partial charge in [0, 0.05) is 23.6 Å². The highest BCUT2D eigenvalue weighted by atomic mass is 19.4. The molecule has 0 fully saturated rings. The third-order valence-corrected chi connectivity index (χ3v) is 5.61. The minimum Gasteiger partial charge on any atom is -0.492 e. The first-order chi connectivity index (χ1) is 15.8. The third kappa shape index (κ3) is 3.40. The highest BCUT2D eigenvalue weighted by Gasteiger charge is 2.37. The van der Waals surface area contributed by atoms with Gasteiger partial charge in [-0.15, -0.1) is 0 Å². The topological polar surface area (TPSA) is 83.8 Å². The quantitative estimate of drug-likeness (QED) is 0.630. The molecule has 8 nitrogen and oxygen atoms in total. The molecule has 2 aliphatic rings. The summed E-state index contributed by atoms with van der Waals surface area (Å²) in [5.41, 5.74) is 0.480. The second kappa shape index (κ2) is 7.61. The minimum atomic E-state index is -4.50. The molecule has 1 aromatic heterocycles. The van der Waals surface area contributed by atoms with E-state index in [1.54, 1.807) is 6.07 Å². The van der Waals surface area contributed by atoms with Gasteiger partial charge in [0.25, 0.3) is 0 Å². The maximum Gasteiger partial charge on any atom is 0.416 e. The summed E-state index contributed by atoms with van der Waals surface area (Å²) in [7, 11) is 2.93. The minimum absolute atomic E-state index is 0.0128. The maximum absolute atomic E-state index is 13.2. The van der Waals surface area contributed by atoms with Gasteiger partial charge < -0.3 is 24.3 Å². The molecule has 33 heavy (non-hydrogen) atoms. The molecule has 1 amide bonds. The Morgan fingerprint density at radius 3 is 2.67 bits per heavy atom. The monoisotopic (exact) mass is 461 g/mol. The van der Waals surface area contributed by atoms with E-state index in [2.05, 4.69) is 10.3 Å². The van der Waals surface area contributed by atoms with Crippen molar-refractivity contribution in [3.05, 3.63) is 53.5 Å². The number of alkyl halides is 3. The molecule has 1 atom stereocenters. The number of ether oxygens (including phenoxy) is 4. The smallest absolute Gasteiger partial charge is 0.416 e. The lowest BCUT2D eigenvalue weighted by atomic mass is 9.88. The van der Waals surface area contributed by atoms with E-state index in [4.69, 9.17) is 18.9 Å². The van der Waals surface area contributed by atoms with Crippen molar-refractivity contribution in [3.63, 3.8) is 0 Å². The number of imidazole rings is 1. The Labute approximate surface area is 185 Å². The zero-order valence-corrected chi connectivity index (χ0v) is 17.5. The number of methoxy groups -OCH3 is 2. The number of rotatable bonds is 4. The van der Waals surface area contributed by atoms with E-state index in [1.165, 1.54) is 37.2 Å². The van der Waals surface area contributed by atoms with E-state index in [9.17, 15) is 18.0 Å². The van der Waals surface area contributed by atoms with Crippen LogP contribution in [0.1, 0.15) is 29.2 Å². The fourth-order valence-electron chi connectivity index (χ4n) is 4.16. The summed E-state index contributed by atoms with van der Waals surface area (Å²) < 4.78 is 63.1. The summed E-state index contributed by atoms with van der Waals surface area (Å²) >= 11 is 0. The fourth-order valence-corrected chi connectivity index (χ4v) is 4.16. The van der Waals surface area contributed by atoms with Crippen molar-refractivity contribution in [2.45, 2.75) is 18.5 Å². The Hall–Kier alpha value is -3.89. The van der Waals surface area contributed by atoms with Crippen molar-refractivity contribution in [1.29, 1.82) is 0 Å². The second-order valence-corrected chi connectivity index (χ2v) is 7.47.